The smallest absolute Gasteiger partial charge is 0.339 e. The summed E-state index contributed by atoms with van der Waals surface area (Å²) in [6, 6.07) is 6.50. The van der Waals surface area contributed by atoms with Crippen LogP contribution in [0.3, 0.4) is 0 Å². The van der Waals surface area contributed by atoms with E-state index in [1.165, 1.54) is 43.6 Å². The molecule has 0 spiro atoms. The van der Waals surface area contributed by atoms with E-state index in [1.54, 1.807) is 0 Å². The van der Waals surface area contributed by atoms with Crippen molar-refractivity contribution in [1.29, 1.82) is 0 Å². The lowest BCUT2D eigenvalue weighted by Crippen LogP contribution is -2.39. The monoisotopic (exact) mass is 485 g/mol. The molecule has 0 aliphatic carbocycles. The number of nitrogens with one attached hydrogen (secondary N) is 1. The van der Waals surface area contributed by atoms with Gasteiger partial charge in [-0.25, -0.2) is 22.3 Å². The fraction of sp³-hybridized carbons (Fsp3) is 0.429. The van der Waals surface area contributed by atoms with Crippen LogP contribution in [0.1, 0.15) is 34.1 Å². The van der Waals surface area contributed by atoms with Crippen molar-refractivity contribution in [2.24, 2.45) is 0 Å². The average molecular weight is 486 g/mol. The van der Waals surface area contributed by atoms with E-state index in [2.05, 4.69) is 19.3 Å². The minimum atomic E-state index is -3.81. The number of morpholine rings is 1. The molecule has 0 bridgehead atoms. The van der Waals surface area contributed by atoms with E-state index >= 15 is 0 Å². The maximum atomic E-state index is 13.6. The first-order valence-electron chi connectivity index (χ1n) is 10.1. The highest BCUT2D eigenvalue weighted by Gasteiger charge is 2.23. The van der Waals surface area contributed by atoms with Crippen LogP contribution in [-0.2, 0) is 25.2 Å². The molecule has 2 heterocycles. The summed E-state index contributed by atoms with van der Waals surface area (Å²) in [5.41, 5.74) is 1.07. The molecule has 1 fully saturated rings. The lowest BCUT2D eigenvalue weighted by molar-refractivity contribution is 0.0364. The van der Waals surface area contributed by atoms with Gasteiger partial charge in [0.15, 0.2) is 0 Å². The van der Waals surface area contributed by atoms with Crippen molar-refractivity contribution in [2.45, 2.75) is 18.2 Å². The van der Waals surface area contributed by atoms with Gasteiger partial charge in [-0.2, -0.15) is 0 Å². The zero-order valence-electron chi connectivity index (χ0n) is 17.6. The SMILES string of the molecule is COC(=O)c1ccc(CS(=O)(=O)NC(CCN2CCOCC2)c2ccc(F)c(Cl)c2)nc1. The van der Waals surface area contributed by atoms with Crippen LogP contribution in [-0.4, -0.2) is 64.2 Å². The molecular formula is C21H25ClFN3O5S. The molecule has 0 saturated carbocycles. The van der Waals surface area contributed by atoms with Crippen molar-refractivity contribution < 1.29 is 27.1 Å². The van der Waals surface area contributed by atoms with Crippen molar-refractivity contribution in [3.63, 3.8) is 0 Å². The van der Waals surface area contributed by atoms with E-state index in [-0.39, 0.29) is 22.0 Å². The van der Waals surface area contributed by atoms with Gasteiger partial charge in [-0.05, 0) is 36.2 Å². The Morgan fingerprint density at radius 1 is 1.31 bits per heavy atom. The van der Waals surface area contributed by atoms with Crippen molar-refractivity contribution in [2.75, 3.05) is 40.0 Å². The van der Waals surface area contributed by atoms with Crippen molar-refractivity contribution in [3.8, 4) is 0 Å². The zero-order chi connectivity index (χ0) is 23.1. The summed E-state index contributed by atoms with van der Waals surface area (Å²) in [5, 5.41) is -0.0712. The summed E-state index contributed by atoms with van der Waals surface area (Å²) in [6.45, 7) is 3.43. The van der Waals surface area contributed by atoms with Gasteiger partial charge in [0.05, 0.1) is 36.6 Å². The molecule has 11 heteroatoms. The topological polar surface area (TPSA) is 97.8 Å². The van der Waals surface area contributed by atoms with Crippen LogP contribution in [0.25, 0.3) is 0 Å². The minimum absolute atomic E-state index is 0.0712. The molecule has 174 valence electrons. The number of nitrogens with zero attached hydrogens (tertiary/aromatic N) is 2. The Hall–Kier alpha value is -2.11. The van der Waals surface area contributed by atoms with Gasteiger partial charge in [0.25, 0.3) is 0 Å². The van der Waals surface area contributed by atoms with Crippen LogP contribution in [0.4, 0.5) is 4.39 Å². The molecule has 8 nitrogen and oxygen atoms in total. The second-order valence-electron chi connectivity index (χ2n) is 7.38. The molecule has 3 rings (SSSR count). The van der Waals surface area contributed by atoms with E-state index in [4.69, 9.17) is 16.3 Å². The van der Waals surface area contributed by atoms with Crippen molar-refractivity contribution in [3.05, 3.63) is 64.2 Å². The van der Waals surface area contributed by atoms with E-state index in [0.29, 0.717) is 31.7 Å². The Bertz CT molecular complexity index is 1030. The first-order chi connectivity index (χ1) is 15.3. The Kier molecular flexibility index (Phi) is 8.55. The first kappa shape index (κ1) is 24.5. The molecular weight excluding hydrogens is 461 g/mol. The maximum Gasteiger partial charge on any atom is 0.339 e. The van der Waals surface area contributed by atoms with Crippen LogP contribution in [0.2, 0.25) is 5.02 Å². The maximum absolute atomic E-state index is 13.6. The molecule has 1 aromatic heterocycles. The minimum Gasteiger partial charge on any atom is -0.465 e. The Morgan fingerprint density at radius 2 is 2.06 bits per heavy atom. The Balaban J connectivity index is 1.74. The molecule has 0 radical (unpaired) electrons. The molecule has 2 aromatic rings. The van der Waals surface area contributed by atoms with Gasteiger partial charge in [-0.3, -0.25) is 9.88 Å². The summed E-state index contributed by atoms with van der Waals surface area (Å²) in [6.07, 6.45) is 1.74. The van der Waals surface area contributed by atoms with Gasteiger partial charge in [0.2, 0.25) is 10.0 Å². The predicted octanol–water partition coefficient (Wildman–Crippen LogP) is 2.54. The fourth-order valence-corrected chi connectivity index (χ4v) is 4.88. The highest BCUT2D eigenvalue weighted by molar-refractivity contribution is 7.88. The highest BCUT2D eigenvalue weighted by atomic mass is 35.5. The fourth-order valence-electron chi connectivity index (χ4n) is 3.36. The highest BCUT2D eigenvalue weighted by Crippen LogP contribution is 2.25. The molecule has 1 saturated heterocycles. The second-order valence-corrected chi connectivity index (χ2v) is 9.54. The summed E-state index contributed by atoms with van der Waals surface area (Å²) >= 11 is 5.93. The summed E-state index contributed by atoms with van der Waals surface area (Å²) in [7, 11) is -2.55. The largest absolute Gasteiger partial charge is 0.465 e. The third kappa shape index (κ3) is 6.94. The summed E-state index contributed by atoms with van der Waals surface area (Å²) in [4.78, 5) is 17.8. The molecule has 1 aromatic carbocycles. The van der Waals surface area contributed by atoms with Crippen molar-refractivity contribution >= 4 is 27.6 Å². The number of ether oxygens (including phenoxy) is 2. The lowest BCUT2D eigenvalue weighted by Gasteiger charge is -2.28. The number of sulfonamides is 1. The number of aromatic nitrogens is 1. The standard InChI is InChI=1S/C21H25ClFN3O5S/c1-30-21(27)16-2-4-17(24-13-16)14-32(28,29)25-20(6-7-26-8-10-31-11-9-26)15-3-5-19(23)18(22)12-15/h2-5,12-13,20,25H,6-11,14H2,1H3. The summed E-state index contributed by atoms with van der Waals surface area (Å²) < 4.78 is 52.1. The van der Waals surface area contributed by atoms with E-state index in [0.717, 1.165) is 13.1 Å². The number of esters is 1. The molecule has 1 N–H and O–H groups in total. The number of pyridine rings is 1. The molecule has 32 heavy (non-hydrogen) atoms. The number of benzene rings is 1. The van der Waals surface area contributed by atoms with Crippen LogP contribution in [0, 0.1) is 5.82 Å². The van der Waals surface area contributed by atoms with Gasteiger partial charge in [0.1, 0.15) is 11.6 Å². The van der Waals surface area contributed by atoms with Gasteiger partial charge in [0, 0.05) is 31.9 Å². The third-order valence-electron chi connectivity index (χ3n) is 5.09. The average Bonchev–Trinajstić information content (AvgIpc) is 2.79. The number of hydrogen-bond donors (Lipinski definition) is 1. The van der Waals surface area contributed by atoms with Crippen LogP contribution >= 0.6 is 11.6 Å². The number of hydrogen-bond acceptors (Lipinski definition) is 7. The number of carbonyl (C=O) groups is 1. The van der Waals surface area contributed by atoms with Crippen LogP contribution in [0.15, 0.2) is 36.5 Å². The van der Waals surface area contributed by atoms with Crippen molar-refractivity contribution in [1.82, 2.24) is 14.6 Å². The molecule has 1 aliphatic heterocycles. The van der Waals surface area contributed by atoms with Crippen LogP contribution in [0.5, 0.6) is 0 Å². The number of rotatable bonds is 9. The first-order valence-corrected chi connectivity index (χ1v) is 12.1. The van der Waals surface area contributed by atoms with Gasteiger partial charge in [-0.1, -0.05) is 17.7 Å². The zero-order valence-corrected chi connectivity index (χ0v) is 19.2. The van der Waals surface area contributed by atoms with Gasteiger partial charge >= 0.3 is 5.97 Å². The molecule has 1 atom stereocenters. The Labute approximate surface area is 191 Å². The molecule has 1 unspecified atom stereocenters. The third-order valence-corrected chi connectivity index (χ3v) is 6.70. The summed E-state index contributed by atoms with van der Waals surface area (Å²) in [5.74, 6) is -1.50. The normalized spacial score (nSPS) is 16.0. The predicted molar refractivity (Wildman–Crippen MR) is 117 cm³/mol. The Morgan fingerprint density at radius 3 is 2.69 bits per heavy atom. The van der Waals surface area contributed by atoms with E-state index < -0.39 is 27.9 Å². The lowest BCUT2D eigenvalue weighted by atomic mass is 10.0. The number of halogens is 2. The van der Waals surface area contributed by atoms with E-state index in [9.17, 15) is 17.6 Å². The molecule has 0 amide bonds. The quantitative estimate of drug-likeness (QED) is 0.545. The molecule has 1 aliphatic rings. The number of methoxy groups -OCH3 is 1. The second kappa shape index (κ2) is 11.2. The van der Waals surface area contributed by atoms with Gasteiger partial charge in [-0.15, -0.1) is 0 Å². The van der Waals surface area contributed by atoms with E-state index in [1.807, 2.05) is 0 Å². The van der Waals surface area contributed by atoms with Crippen LogP contribution < -0.4 is 4.72 Å². The number of carbonyl (C=O) groups excluding carboxylic acids is 1. The van der Waals surface area contributed by atoms with Gasteiger partial charge < -0.3 is 9.47 Å².